The van der Waals surface area contributed by atoms with Crippen LogP contribution in [0.1, 0.15) is 107 Å². The van der Waals surface area contributed by atoms with Gasteiger partial charge in [0.05, 0.1) is 12.5 Å². The van der Waals surface area contributed by atoms with Gasteiger partial charge in [0.1, 0.15) is 36.3 Å². The first kappa shape index (κ1) is 50.2. The monoisotopic (exact) mass is 785 g/mol. The summed E-state index contributed by atoms with van der Waals surface area (Å²) in [6.07, 6.45) is -0.972. The summed E-state index contributed by atoms with van der Waals surface area (Å²) in [6.45, 7) is 15.5. The van der Waals surface area contributed by atoms with Crippen molar-refractivity contribution in [3.63, 3.8) is 0 Å². The van der Waals surface area contributed by atoms with Gasteiger partial charge in [-0.05, 0) is 62.7 Å². The Balaban J connectivity index is 5.98. The molecule has 0 radical (unpaired) electrons. The molecule has 0 aliphatic carbocycles. The molecule has 55 heavy (non-hydrogen) atoms. The molecular formula is C36H63N7O12. The maximum Gasteiger partial charge on any atom is 0.326 e. The SMILES string of the molecule is CC(C)C[C@H](NC(=O)[C@@H](CC(C)C)NC(=O)[C@H](CC(=O)O)NC(=O)[C@H](C)NC(=O)[C@@H](CC(C)C)NC(=O)[C@H](CC(C)C)NC(=O)[C@@H](N)CCC(=O)O)C(=O)O. The fourth-order valence-electron chi connectivity index (χ4n) is 5.37. The maximum absolute atomic E-state index is 13.4. The lowest BCUT2D eigenvalue weighted by Crippen LogP contribution is -2.59. The van der Waals surface area contributed by atoms with E-state index < -0.39 is 102 Å². The summed E-state index contributed by atoms with van der Waals surface area (Å²) in [7, 11) is 0. The summed E-state index contributed by atoms with van der Waals surface area (Å²) in [5, 5.41) is 42.7. The van der Waals surface area contributed by atoms with E-state index in [-0.39, 0.29) is 62.2 Å². The lowest BCUT2D eigenvalue weighted by molar-refractivity contribution is -0.143. The summed E-state index contributed by atoms with van der Waals surface area (Å²) in [5.41, 5.74) is 5.82. The largest absolute Gasteiger partial charge is 0.481 e. The van der Waals surface area contributed by atoms with Crippen LogP contribution >= 0.6 is 0 Å². The summed E-state index contributed by atoms with van der Waals surface area (Å²) in [5.74, 6) is -9.40. The second-order valence-corrected chi connectivity index (χ2v) is 15.5. The van der Waals surface area contributed by atoms with E-state index in [0.717, 1.165) is 0 Å². The number of hydrogen-bond donors (Lipinski definition) is 10. The van der Waals surface area contributed by atoms with Crippen LogP contribution in [0.2, 0.25) is 0 Å². The molecule has 0 bridgehead atoms. The second-order valence-electron chi connectivity index (χ2n) is 15.5. The summed E-state index contributed by atoms with van der Waals surface area (Å²) in [6, 6.07) is -9.10. The van der Waals surface area contributed by atoms with E-state index in [9.17, 15) is 53.4 Å². The quantitative estimate of drug-likeness (QED) is 0.0546. The Morgan fingerprint density at radius 3 is 1.13 bits per heavy atom. The van der Waals surface area contributed by atoms with E-state index in [1.807, 2.05) is 0 Å². The standard InChI is InChI=1S/C36H63N7O12/c1-17(2)12-23(41-33(51)24(13-18(3)4)40-31(49)22(37)10-11-28(44)45)32(50)38-21(9)30(48)39-26(16-29(46)47)35(53)42-25(14-19(5)6)34(52)43-27(36(54)55)15-20(7)8/h17-27H,10-16,37H2,1-9H3,(H,38,50)(H,39,48)(H,40,49)(H,41,51)(H,42,53)(H,43,52)(H,44,45)(H,46,47)(H,54,55)/t21-,22-,23+,24-,25+,26-,27-/m0/s1. The highest BCUT2D eigenvalue weighted by atomic mass is 16.4. The van der Waals surface area contributed by atoms with Crippen LogP contribution in [0, 0.1) is 23.7 Å². The average Bonchev–Trinajstić information content (AvgIpc) is 3.04. The van der Waals surface area contributed by atoms with E-state index in [1.165, 1.54) is 6.92 Å². The fourth-order valence-corrected chi connectivity index (χ4v) is 5.37. The lowest BCUT2D eigenvalue weighted by atomic mass is 9.99. The van der Waals surface area contributed by atoms with Crippen molar-refractivity contribution in [3.8, 4) is 0 Å². The van der Waals surface area contributed by atoms with Crippen LogP contribution in [0.5, 0.6) is 0 Å². The van der Waals surface area contributed by atoms with Crippen molar-refractivity contribution < 1.29 is 58.5 Å². The molecule has 0 aliphatic rings. The first-order chi connectivity index (χ1) is 25.3. The number of carbonyl (C=O) groups is 9. The number of carboxylic acid groups (broad SMARTS) is 3. The van der Waals surface area contributed by atoms with Gasteiger partial charge >= 0.3 is 17.9 Å². The Hall–Kier alpha value is -4.81. The maximum atomic E-state index is 13.4. The molecule has 0 aromatic rings. The molecule has 7 atom stereocenters. The molecule has 19 heteroatoms. The lowest BCUT2D eigenvalue weighted by Gasteiger charge is -2.27. The number of aliphatic carboxylic acids is 3. The van der Waals surface area contributed by atoms with Crippen LogP contribution in [0.15, 0.2) is 0 Å². The molecule has 11 N–H and O–H groups in total. The van der Waals surface area contributed by atoms with Crippen LogP contribution in [0.25, 0.3) is 0 Å². The molecule has 0 aromatic carbocycles. The van der Waals surface area contributed by atoms with E-state index in [2.05, 4.69) is 31.9 Å². The van der Waals surface area contributed by atoms with Crippen molar-refractivity contribution >= 4 is 53.4 Å². The molecule has 314 valence electrons. The average molecular weight is 786 g/mol. The van der Waals surface area contributed by atoms with Gasteiger partial charge in [-0.3, -0.25) is 38.4 Å². The van der Waals surface area contributed by atoms with Gasteiger partial charge in [-0.2, -0.15) is 0 Å². The molecule has 0 heterocycles. The zero-order valence-electron chi connectivity index (χ0n) is 33.4. The van der Waals surface area contributed by atoms with Gasteiger partial charge in [-0.1, -0.05) is 55.4 Å². The minimum Gasteiger partial charge on any atom is -0.481 e. The first-order valence-corrected chi connectivity index (χ1v) is 18.6. The van der Waals surface area contributed by atoms with Crippen molar-refractivity contribution in [2.75, 3.05) is 0 Å². The van der Waals surface area contributed by atoms with Crippen LogP contribution in [0.4, 0.5) is 0 Å². The molecule has 0 spiro atoms. The van der Waals surface area contributed by atoms with Crippen LogP contribution in [0.3, 0.4) is 0 Å². The van der Waals surface area contributed by atoms with Gasteiger partial charge in [0.25, 0.3) is 0 Å². The first-order valence-electron chi connectivity index (χ1n) is 18.6. The zero-order chi connectivity index (χ0) is 42.7. The van der Waals surface area contributed by atoms with Crippen molar-refractivity contribution in [1.82, 2.24) is 31.9 Å². The van der Waals surface area contributed by atoms with Crippen LogP contribution in [-0.2, 0) is 43.2 Å². The number of carboxylic acids is 3. The highest BCUT2D eigenvalue weighted by Crippen LogP contribution is 2.12. The summed E-state index contributed by atoms with van der Waals surface area (Å²) < 4.78 is 0. The van der Waals surface area contributed by atoms with Crippen LogP contribution in [-0.4, -0.2) is 111 Å². The van der Waals surface area contributed by atoms with Gasteiger partial charge in [0.2, 0.25) is 35.4 Å². The number of rotatable bonds is 26. The minimum absolute atomic E-state index is 0.0635. The Kier molecular flexibility index (Phi) is 22.4. The summed E-state index contributed by atoms with van der Waals surface area (Å²) in [4.78, 5) is 114. The molecule has 0 saturated heterocycles. The third kappa shape index (κ3) is 21.0. The molecule has 0 rings (SSSR count). The number of nitrogens with two attached hydrogens (primary N) is 1. The molecule has 0 aromatic heterocycles. The Bertz CT molecular complexity index is 1350. The molecule has 0 aliphatic heterocycles. The molecule has 6 amide bonds. The zero-order valence-corrected chi connectivity index (χ0v) is 33.4. The predicted molar refractivity (Wildman–Crippen MR) is 200 cm³/mol. The molecule has 0 fully saturated rings. The molecule has 0 unspecified atom stereocenters. The van der Waals surface area contributed by atoms with Gasteiger partial charge < -0.3 is 53.0 Å². The van der Waals surface area contributed by atoms with Crippen molar-refractivity contribution in [1.29, 1.82) is 0 Å². The fraction of sp³-hybridized carbons (Fsp3) is 0.750. The predicted octanol–water partition coefficient (Wildman–Crippen LogP) is -0.149. The van der Waals surface area contributed by atoms with Crippen LogP contribution < -0.4 is 37.6 Å². The van der Waals surface area contributed by atoms with Crippen molar-refractivity contribution in [3.05, 3.63) is 0 Å². The molecule has 19 nitrogen and oxygen atoms in total. The van der Waals surface area contributed by atoms with Gasteiger partial charge in [-0.15, -0.1) is 0 Å². The molecule has 0 saturated carbocycles. The number of nitrogens with one attached hydrogen (secondary N) is 6. The highest BCUT2D eigenvalue weighted by molar-refractivity contribution is 5.97. The Labute approximate surface area is 322 Å². The Morgan fingerprint density at radius 2 is 0.764 bits per heavy atom. The van der Waals surface area contributed by atoms with Crippen molar-refractivity contribution in [2.45, 2.75) is 150 Å². The van der Waals surface area contributed by atoms with Gasteiger partial charge in [0.15, 0.2) is 0 Å². The normalized spacial score (nSPS) is 15.2. The third-order valence-electron chi connectivity index (χ3n) is 8.11. The Morgan fingerprint density at radius 1 is 0.436 bits per heavy atom. The third-order valence-corrected chi connectivity index (χ3v) is 8.11. The minimum atomic E-state index is -1.70. The van der Waals surface area contributed by atoms with E-state index in [0.29, 0.717) is 0 Å². The summed E-state index contributed by atoms with van der Waals surface area (Å²) >= 11 is 0. The number of hydrogen-bond acceptors (Lipinski definition) is 10. The highest BCUT2D eigenvalue weighted by Gasteiger charge is 2.34. The van der Waals surface area contributed by atoms with Gasteiger partial charge in [-0.25, -0.2) is 4.79 Å². The van der Waals surface area contributed by atoms with E-state index in [1.54, 1.807) is 55.4 Å². The van der Waals surface area contributed by atoms with Gasteiger partial charge in [0, 0.05) is 6.42 Å². The molecular weight excluding hydrogens is 722 g/mol. The number of amides is 6. The van der Waals surface area contributed by atoms with Crippen molar-refractivity contribution in [2.24, 2.45) is 29.4 Å². The van der Waals surface area contributed by atoms with E-state index >= 15 is 0 Å². The topological polar surface area (TPSA) is 313 Å². The number of carbonyl (C=O) groups excluding carboxylic acids is 6. The second kappa shape index (κ2) is 24.6. The smallest absolute Gasteiger partial charge is 0.326 e. The van der Waals surface area contributed by atoms with E-state index in [4.69, 9.17) is 10.8 Å².